The second kappa shape index (κ2) is 14.1. The minimum absolute atomic E-state index is 0. The predicted molar refractivity (Wildman–Crippen MR) is 191 cm³/mol. The van der Waals surface area contributed by atoms with Crippen molar-refractivity contribution in [3.8, 4) is 33.6 Å². The Balaban J connectivity index is 0.000000181. The fraction of sp³-hybridized carbons (Fsp3) is 0.171. The molecule has 3 aromatic heterocycles. The Bertz CT molecular complexity index is 2130. The summed E-state index contributed by atoms with van der Waals surface area (Å²) in [6.45, 7) is 5.96. The van der Waals surface area contributed by atoms with Gasteiger partial charge in [-0.3, -0.25) is 0 Å². The Hall–Kier alpha value is -3.90. The molecule has 0 aliphatic rings. The number of benzene rings is 4. The molecule has 0 atom stereocenters. The van der Waals surface area contributed by atoms with E-state index >= 15 is 0 Å². The molecular weight excluding hydrogens is 820 g/mol. The van der Waals surface area contributed by atoms with Crippen molar-refractivity contribution in [1.29, 1.82) is 0 Å². The van der Waals surface area contributed by atoms with E-state index in [-0.39, 0.29) is 31.3 Å². The van der Waals surface area contributed by atoms with Crippen LogP contribution < -0.4 is 4.40 Å². The van der Waals surface area contributed by atoms with Crippen molar-refractivity contribution in [1.82, 2.24) is 9.97 Å². The van der Waals surface area contributed by atoms with Crippen LogP contribution in [0.15, 0.2) is 120 Å². The Morgan fingerprint density at radius 2 is 1.43 bits per heavy atom. The van der Waals surface area contributed by atoms with E-state index in [2.05, 4.69) is 83.0 Å². The van der Waals surface area contributed by atoms with Crippen molar-refractivity contribution in [3.63, 3.8) is 0 Å². The van der Waals surface area contributed by atoms with Crippen LogP contribution in [0.2, 0.25) is 17.3 Å². The van der Waals surface area contributed by atoms with E-state index in [1.165, 1.54) is 21.7 Å². The fourth-order valence-electron chi connectivity index (χ4n) is 5.64. The standard InChI is InChI=1S/C21H17FNO.C20H20GeN.Ir/c1-21(2,3)16-11-18(23-12-17(16)22)15-9-6-8-14-13-7-4-5-10-19(13)24-20(14)15;1-21(2,3)19-15-22-20(17-12-8-5-9-13-17)14-18(19)16-10-6-4-7-11-16;/h4-8,10-12H,1-3H3;4-12,14-15H,1-3H3;/q2*-1;. The molecule has 7 aromatic rings. The molecule has 239 valence electrons. The number of fused-ring (bicyclic) bond motifs is 3. The molecule has 0 aliphatic carbocycles. The first-order chi connectivity index (χ1) is 22.0. The first-order valence-corrected chi connectivity index (χ1v) is 22.9. The quantitative estimate of drug-likeness (QED) is 0.131. The number of halogens is 1. The van der Waals surface area contributed by atoms with Crippen LogP contribution in [-0.4, -0.2) is 23.2 Å². The monoisotopic (exact) mass is 859 g/mol. The van der Waals surface area contributed by atoms with Gasteiger partial charge >= 0.3 is 135 Å². The largest absolute Gasteiger partial charge is 0 e. The number of hydrogen-bond donors (Lipinski definition) is 0. The molecule has 3 heterocycles. The summed E-state index contributed by atoms with van der Waals surface area (Å²) in [6.07, 6.45) is 3.38. The van der Waals surface area contributed by atoms with Crippen LogP contribution in [0.3, 0.4) is 0 Å². The van der Waals surface area contributed by atoms with E-state index in [0.29, 0.717) is 11.3 Å². The third-order valence-electron chi connectivity index (χ3n) is 8.04. The van der Waals surface area contributed by atoms with Crippen molar-refractivity contribution in [2.24, 2.45) is 0 Å². The van der Waals surface area contributed by atoms with Gasteiger partial charge in [0.2, 0.25) is 0 Å². The molecule has 4 aromatic carbocycles. The van der Waals surface area contributed by atoms with Gasteiger partial charge in [0, 0.05) is 25.5 Å². The van der Waals surface area contributed by atoms with Gasteiger partial charge in [-0.2, -0.15) is 0 Å². The second-order valence-electron chi connectivity index (χ2n) is 13.5. The van der Waals surface area contributed by atoms with Gasteiger partial charge in [0.25, 0.3) is 0 Å². The van der Waals surface area contributed by atoms with Gasteiger partial charge in [-0.15, -0.1) is 18.2 Å². The van der Waals surface area contributed by atoms with Crippen LogP contribution in [0.1, 0.15) is 26.3 Å². The molecule has 0 bridgehead atoms. The van der Waals surface area contributed by atoms with E-state index in [4.69, 9.17) is 9.40 Å². The van der Waals surface area contributed by atoms with Crippen LogP contribution in [0.5, 0.6) is 0 Å². The maximum atomic E-state index is 14.2. The van der Waals surface area contributed by atoms with Gasteiger partial charge in [-0.1, -0.05) is 56.0 Å². The number of para-hydroxylation sites is 1. The van der Waals surface area contributed by atoms with E-state index in [9.17, 15) is 4.39 Å². The fourth-order valence-corrected chi connectivity index (χ4v) is 8.74. The number of furan rings is 1. The molecule has 7 rings (SSSR count). The average molecular weight is 858 g/mol. The second-order valence-corrected chi connectivity index (χ2v) is 24.1. The van der Waals surface area contributed by atoms with E-state index in [1.807, 2.05) is 75.4 Å². The Morgan fingerprint density at radius 3 is 2.13 bits per heavy atom. The Kier molecular flexibility index (Phi) is 10.3. The van der Waals surface area contributed by atoms with Crippen LogP contribution >= 0.6 is 0 Å². The number of aromatic nitrogens is 2. The maximum absolute atomic E-state index is 14.2. The van der Waals surface area contributed by atoms with Crippen molar-refractivity contribution in [2.45, 2.75) is 43.5 Å². The number of rotatable bonds is 4. The topological polar surface area (TPSA) is 38.9 Å². The zero-order valence-electron chi connectivity index (χ0n) is 27.5. The summed E-state index contributed by atoms with van der Waals surface area (Å²) in [5, 5.41) is 2.07. The summed E-state index contributed by atoms with van der Waals surface area (Å²) >= 11 is -1.99. The number of nitrogens with zero attached hydrogens (tertiary/aromatic N) is 2. The summed E-state index contributed by atoms with van der Waals surface area (Å²) in [6, 6.07) is 40.9. The summed E-state index contributed by atoms with van der Waals surface area (Å²) < 4.78 is 21.6. The van der Waals surface area contributed by atoms with Gasteiger partial charge in [0.1, 0.15) is 11.4 Å². The molecule has 0 aliphatic heterocycles. The maximum Gasteiger partial charge on any atom is 0 e. The normalized spacial score (nSPS) is 11.6. The van der Waals surface area contributed by atoms with Crippen LogP contribution in [-0.2, 0) is 25.5 Å². The Labute approximate surface area is 293 Å². The minimum Gasteiger partial charge on any atom is 0 e. The third-order valence-corrected chi connectivity index (χ3v) is 12.3. The molecule has 0 saturated carbocycles. The smallest absolute Gasteiger partial charge is 0 e. The third kappa shape index (κ3) is 7.49. The van der Waals surface area contributed by atoms with Gasteiger partial charge in [0.05, 0.1) is 11.8 Å². The molecule has 0 N–H and O–H groups in total. The molecule has 3 nitrogen and oxygen atoms in total. The summed E-state index contributed by atoms with van der Waals surface area (Å²) in [7, 11) is 0. The summed E-state index contributed by atoms with van der Waals surface area (Å²) in [5.74, 6) is 6.95. The van der Waals surface area contributed by atoms with E-state index < -0.39 is 13.3 Å². The van der Waals surface area contributed by atoms with Crippen molar-refractivity contribution in [3.05, 3.63) is 139 Å². The first-order valence-electron chi connectivity index (χ1n) is 15.5. The van der Waals surface area contributed by atoms with Gasteiger partial charge < -0.3 is 9.40 Å². The molecule has 0 amide bonds. The minimum atomic E-state index is -1.99. The number of pyridine rings is 2. The summed E-state index contributed by atoms with van der Waals surface area (Å²) in [5.41, 5.74) is 7.97. The summed E-state index contributed by atoms with van der Waals surface area (Å²) in [4.78, 5) is 8.99. The van der Waals surface area contributed by atoms with Gasteiger partial charge in [-0.25, -0.2) is 4.39 Å². The molecule has 0 saturated heterocycles. The van der Waals surface area contributed by atoms with Gasteiger partial charge in [0.15, 0.2) is 0 Å². The van der Waals surface area contributed by atoms with E-state index in [1.54, 1.807) is 6.07 Å². The molecule has 1 radical (unpaired) electrons. The van der Waals surface area contributed by atoms with Crippen LogP contribution in [0.25, 0.3) is 55.6 Å². The SMILES string of the molecule is CC(C)(C)c1cc(-c2[c-]ccc3c2oc2ccccc23)ncc1F.[CH3][Ge]([CH3])([CH3])[c]1cnc(-c2[c-]cccc2)cc1-c1ccccc1.[Ir]. The Morgan fingerprint density at radius 1 is 0.723 bits per heavy atom. The molecule has 0 fully saturated rings. The predicted octanol–water partition coefficient (Wildman–Crippen LogP) is 10.6. The molecular formula is C41H37FGeIrN2O-2. The van der Waals surface area contributed by atoms with E-state index in [0.717, 1.165) is 38.8 Å². The zero-order valence-corrected chi connectivity index (χ0v) is 32.0. The molecule has 0 unspecified atom stereocenters. The van der Waals surface area contributed by atoms with Gasteiger partial charge in [-0.05, 0) is 22.7 Å². The van der Waals surface area contributed by atoms with Crippen LogP contribution in [0.4, 0.5) is 4.39 Å². The number of hydrogen-bond acceptors (Lipinski definition) is 3. The first kappa shape index (κ1) is 34.4. The van der Waals surface area contributed by atoms with Crippen molar-refractivity contribution < 1.29 is 28.9 Å². The average Bonchev–Trinajstić information content (AvgIpc) is 3.44. The van der Waals surface area contributed by atoms with Crippen LogP contribution in [0, 0.1) is 17.9 Å². The van der Waals surface area contributed by atoms with Crippen molar-refractivity contribution in [2.75, 3.05) is 0 Å². The zero-order chi connectivity index (χ0) is 32.5. The molecule has 0 spiro atoms. The molecule has 47 heavy (non-hydrogen) atoms. The molecule has 6 heteroatoms. The van der Waals surface area contributed by atoms with Crippen molar-refractivity contribution >= 4 is 39.6 Å².